The zero-order valence-electron chi connectivity index (χ0n) is 9.71. The van der Waals surface area contributed by atoms with Crippen LogP contribution in [0, 0.1) is 0 Å². The summed E-state index contributed by atoms with van der Waals surface area (Å²) in [5.41, 5.74) is 8.09. The van der Waals surface area contributed by atoms with Gasteiger partial charge in [0, 0.05) is 23.3 Å². The predicted molar refractivity (Wildman–Crippen MR) is 73.6 cm³/mol. The second-order valence-electron chi connectivity index (χ2n) is 4.08. The third kappa shape index (κ3) is 1.89. The molecule has 5 nitrogen and oxygen atoms in total. The lowest BCUT2D eigenvalue weighted by Crippen LogP contribution is -2.15. The topological polar surface area (TPSA) is 81.1 Å². The molecule has 1 aliphatic rings. The molecular formula is C12H13N5S. The monoisotopic (exact) mass is 259 g/mol. The fourth-order valence-corrected chi connectivity index (χ4v) is 2.56. The molecule has 2 aromatic rings. The van der Waals surface area contributed by atoms with Crippen molar-refractivity contribution in [1.29, 1.82) is 0 Å². The molecule has 2 heterocycles. The fraction of sp³-hybridized carbons (Fsp3) is 0.167. The standard InChI is InChI=1S/C12H13N5S/c13-12-15-5-3-11(16-12)17-6-4-8-7-9(18-14)1-2-10(8)17/h1-3,5,7H,4,6,14H2,(H2,13,15,16). The molecule has 1 aromatic carbocycles. The van der Waals surface area contributed by atoms with Crippen LogP contribution in [0.3, 0.4) is 0 Å². The van der Waals surface area contributed by atoms with Gasteiger partial charge >= 0.3 is 0 Å². The van der Waals surface area contributed by atoms with Crippen LogP contribution in [0.15, 0.2) is 35.4 Å². The Kier molecular flexibility index (Phi) is 2.81. The number of fused-ring (bicyclic) bond motifs is 1. The number of hydrogen-bond donors (Lipinski definition) is 2. The average molecular weight is 259 g/mol. The Morgan fingerprint density at radius 2 is 2.17 bits per heavy atom. The molecule has 18 heavy (non-hydrogen) atoms. The van der Waals surface area contributed by atoms with Crippen LogP contribution in [0.1, 0.15) is 5.56 Å². The zero-order valence-corrected chi connectivity index (χ0v) is 10.5. The van der Waals surface area contributed by atoms with Crippen molar-refractivity contribution in [3.05, 3.63) is 36.0 Å². The summed E-state index contributed by atoms with van der Waals surface area (Å²) < 4.78 is 0. The summed E-state index contributed by atoms with van der Waals surface area (Å²) in [4.78, 5) is 11.4. The van der Waals surface area contributed by atoms with Gasteiger partial charge in [0.2, 0.25) is 5.95 Å². The van der Waals surface area contributed by atoms with Gasteiger partial charge in [-0.3, -0.25) is 5.14 Å². The Bertz CT molecular complexity index is 586. The van der Waals surface area contributed by atoms with E-state index in [-0.39, 0.29) is 0 Å². The summed E-state index contributed by atoms with van der Waals surface area (Å²) in [5, 5.41) is 5.58. The molecule has 0 bridgehead atoms. The van der Waals surface area contributed by atoms with E-state index in [4.69, 9.17) is 10.9 Å². The van der Waals surface area contributed by atoms with E-state index in [9.17, 15) is 0 Å². The summed E-state index contributed by atoms with van der Waals surface area (Å²) in [7, 11) is 0. The normalized spacial score (nSPS) is 13.7. The Hall–Kier alpha value is -1.79. The molecule has 0 fully saturated rings. The Balaban J connectivity index is 2.00. The number of aromatic nitrogens is 2. The third-order valence-electron chi connectivity index (χ3n) is 3.02. The van der Waals surface area contributed by atoms with Crippen LogP contribution in [-0.2, 0) is 6.42 Å². The van der Waals surface area contributed by atoms with E-state index in [1.165, 1.54) is 23.2 Å². The van der Waals surface area contributed by atoms with Crippen LogP contribution in [0.25, 0.3) is 0 Å². The molecule has 0 saturated carbocycles. The molecule has 0 radical (unpaired) electrons. The summed E-state index contributed by atoms with van der Waals surface area (Å²) in [6, 6.07) is 8.10. The number of anilines is 3. The zero-order chi connectivity index (χ0) is 12.5. The third-order valence-corrected chi connectivity index (χ3v) is 3.54. The van der Waals surface area contributed by atoms with Crippen LogP contribution in [0.2, 0.25) is 0 Å². The van der Waals surface area contributed by atoms with Gasteiger partial charge in [0.1, 0.15) is 5.82 Å². The van der Waals surface area contributed by atoms with E-state index in [1.807, 2.05) is 12.1 Å². The van der Waals surface area contributed by atoms with E-state index in [1.54, 1.807) is 6.20 Å². The van der Waals surface area contributed by atoms with Crippen molar-refractivity contribution in [3.63, 3.8) is 0 Å². The maximum Gasteiger partial charge on any atom is 0.221 e. The van der Waals surface area contributed by atoms with Crippen molar-refractivity contribution in [2.75, 3.05) is 17.2 Å². The minimum Gasteiger partial charge on any atom is -0.368 e. The minimum absolute atomic E-state index is 0.301. The summed E-state index contributed by atoms with van der Waals surface area (Å²) in [6.45, 7) is 0.907. The largest absolute Gasteiger partial charge is 0.368 e. The lowest BCUT2D eigenvalue weighted by atomic mass is 10.2. The number of nitrogens with zero attached hydrogens (tertiary/aromatic N) is 3. The fourth-order valence-electron chi connectivity index (χ4n) is 2.20. The SMILES string of the molecule is NSc1ccc2c(c1)CCN2c1ccnc(N)n1. The Morgan fingerprint density at radius 1 is 1.28 bits per heavy atom. The first-order chi connectivity index (χ1) is 8.78. The highest BCUT2D eigenvalue weighted by atomic mass is 32.2. The minimum atomic E-state index is 0.301. The maximum absolute atomic E-state index is 5.62. The van der Waals surface area contributed by atoms with Gasteiger partial charge in [-0.15, -0.1) is 0 Å². The van der Waals surface area contributed by atoms with Crippen LogP contribution >= 0.6 is 11.9 Å². The summed E-state index contributed by atoms with van der Waals surface area (Å²) in [6.07, 6.45) is 2.67. The molecule has 0 atom stereocenters. The van der Waals surface area contributed by atoms with E-state index < -0.39 is 0 Å². The first-order valence-corrected chi connectivity index (χ1v) is 6.51. The molecule has 6 heteroatoms. The molecule has 0 spiro atoms. The predicted octanol–water partition coefficient (Wildman–Crippen LogP) is 1.72. The number of hydrogen-bond acceptors (Lipinski definition) is 6. The quantitative estimate of drug-likeness (QED) is 0.799. The first kappa shape index (κ1) is 11.3. The Morgan fingerprint density at radius 3 is 2.94 bits per heavy atom. The number of nitrogen functional groups attached to an aromatic ring is 1. The second-order valence-corrected chi connectivity index (χ2v) is 4.79. The smallest absolute Gasteiger partial charge is 0.221 e. The number of rotatable bonds is 2. The first-order valence-electron chi connectivity index (χ1n) is 5.63. The van der Waals surface area contributed by atoms with Crippen molar-refractivity contribution in [1.82, 2.24) is 9.97 Å². The molecule has 0 saturated heterocycles. The van der Waals surface area contributed by atoms with Crippen molar-refractivity contribution < 1.29 is 0 Å². The van der Waals surface area contributed by atoms with Gasteiger partial charge in [0.15, 0.2) is 0 Å². The Labute approximate surface area is 109 Å². The molecule has 0 amide bonds. The molecule has 0 aliphatic carbocycles. The van der Waals surface area contributed by atoms with Gasteiger partial charge in [-0.05, 0) is 48.2 Å². The number of benzene rings is 1. The van der Waals surface area contributed by atoms with Crippen LogP contribution in [0.4, 0.5) is 17.5 Å². The highest BCUT2D eigenvalue weighted by molar-refractivity contribution is 7.97. The molecule has 1 aliphatic heterocycles. The van der Waals surface area contributed by atoms with Crippen LogP contribution in [0.5, 0.6) is 0 Å². The molecule has 1 aromatic heterocycles. The molecular weight excluding hydrogens is 246 g/mol. The highest BCUT2D eigenvalue weighted by Crippen LogP contribution is 2.35. The van der Waals surface area contributed by atoms with Gasteiger partial charge in [-0.25, -0.2) is 4.98 Å². The molecule has 4 N–H and O–H groups in total. The lowest BCUT2D eigenvalue weighted by molar-refractivity contribution is 0.967. The van der Waals surface area contributed by atoms with Gasteiger partial charge in [0.05, 0.1) is 0 Å². The number of nitrogens with two attached hydrogens (primary N) is 2. The lowest BCUT2D eigenvalue weighted by Gasteiger charge is -2.18. The van der Waals surface area contributed by atoms with Gasteiger partial charge in [0.25, 0.3) is 0 Å². The summed E-state index contributed by atoms with van der Waals surface area (Å²) >= 11 is 1.27. The van der Waals surface area contributed by atoms with Gasteiger partial charge in [-0.1, -0.05) is 0 Å². The van der Waals surface area contributed by atoms with Crippen LogP contribution < -0.4 is 15.8 Å². The van der Waals surface area contributed by atoms with Crippen molar-refractivity contribution in [2.45, 2.75) is 11.3 Å². The van der Waals surface area contributed by atoms with E-state index in [2.05, 4.69) is 27.0 Å². The van der Waals surface area contributed by atoms with Crippen molar-refractivity contribution in [3.8, 4) is 0 Å². The average Bonchev–Trinajstić information content (AvgIpc) is 2.81. The van der Waals surface area contributed by atoms with E-state index in [0.717, 1.165) is 23.7 Å². The van der Waals surface area contributed by atoms with E-state index >= 15 is 0 Å². The van der Waals surface area contributed by atoms with Gasteiger partial charge < -0.3 is 10.6 Å². The summed E-state index contributed by atoms with van der Waals surface area (Å²) in [5.74, 6) is 1.14. The molecule has 3 rings (SSSR count). The van der Waals surface area contributed by atoms with E-state index in [0.29, 0.717) is 5.95 Å². The van der Waals surface area contributed by atoms with Gasteiger partial charge in [-0.2, -0.15) is 4.98 Å². The molecule has 0 unspecified atom stereocenters. The van der Waals surface area contributed by atoms with Crippen molar-refractivity contribution >= 4 is 29.4 Å². The highest BCUT2D eigenvalue weighted by Gasteiger charge is 2.21. The van der Waals surface area contributed by atoms with Crippen molar-refractivity contribution in [2.24, 2.45) is 5.14 Å². The second kappa shape index (κ2) is 4.47. The van der Waals surface area contributed by atoms with Crippen LogP contribution in [-0.4, -0.2) is 16.5 Å². The molecule has 92 valence electrons. The maximum atomic E-state index is 5.62.